The molecule has 2 saturated heterocycles. The number of rotatable bonds is 3. The molecule has 3 amide bonds. The molecule has 0 radical (unpaired) electrons. The summed E-state index contributed by atoms with van der Waals surface area (Å²) in [5.41, 5.74) is 0.661. The van der Waals surface area contributed by atoms with Crippen LogP contribution in [0, 0.1) is 11.7 Å². The fourth-order valence-corrected chi connectivity index (χ4v) is 4.04. The van der Waals surface area contributed by atoms with Crippen molar-refractivity contribution in [2.45, 2.75) is 32.6 Å². The summed E-state index contributed by atoms with van der Waals surface area (Å²) in [5, 5.41) is 0. The Bertz CT molecular complexity index is 739. The number of piperidine rings is 1. The summed E-state index contributed by atoms with van der Waals surface area (Å²) in [4.78, 5) is 42.5. The molecule has 2 aliphatic rings. The summed E-state index contributed by atoms with van der Waals surface area (Å²) in [6, 6.07) is 6.10. The maximum Gasteiger partial charge on any atom is 0.227 e. The minimum Gasteiger partial charge on any atom is -0.342 e. The molecule has 152 valence electrons. The highest BCUT2D eigenvalue weighted by atomic mass is 19.1. The maximum absolute atomic E-state index is 13.3. The summed E-state index contributed by atoms with van der Waals surface area (Å²) in [5.74, 6) is -0.426. The van der Waals surface area contributed by atoms with Gasteiger partial charge < -0.3 is 14.7 Å². The predicted octanol–water partition coefficient (Wildman–Crippen LogP) is 1.69. The van der Waals surface area contributed by atoms with Crippen molar-refractivity contribution in [2.24, 2.45) is 5.92 Å². The second-order valence-electron chi connectivity index (χ2n) is 7.67. The number of likely N-dealkylation sites (tertiary alicyclic amines) is 1. The lowest BCUT2D eigenvalue weighted by molar-refractivity contribution is -0.140. The van der Waals surface area contributed by atoms with Gasteiger partial charge in [0, 0.05) is 46.2 Å². The number of carbonyl (C=O) groups is 3. The van der Waals surface area contributed by atoms with Gasteiger partial charge >= 0.3 is 0 Å². The Morgan fingerprint density at radius 2 is 1.71 bits per heavy atom. The molecule has 2 heterocycles. The van der Waals surface area contributed by atoms with Crippen LogP contribution in [0.5, 0.6) is 0 Å². The third-order valence-electron chi connectivity index (χ3n) is 5.62. The fourth-order valence-electron chi connectivity index (χ4n) is 4.04. The molecule has 0 N–H and O–H groups in total. The van der Waals surface area contributed by atoms with E-state index in [4.69, 9.17) is 0 Å². The summed E-state index contributed by atoms with van der Waals surface area (Å²) in [6.07, 6.45) is 2.55. The summed E-state index contributed by atoms with van der Waals surface area (Å²) < 4.78 is 13.3. The van der Waals surface area contributed by atoms with Crippen LogP contribution in [-0.2, 0) is 20.8 Å². The molecular weight excluding hydrogens is 361 g/mol. The van der Waals surface area contributed by atoms with Crippen molar-refractivity contribution in [3.63, 3.8) is 0 Å². The lowest BCUT2D eigenvalue weighted by atomic mass is 9.96. The lowest BCUT2D eigenvalue weighted by Gasteiger charge is -2.34. The number of benzene rings is 1. The number of carbonyl (C=O) groups excluding carboxylic acids is 3. The topological polar surface area (TPSA) is 60.9 Å². The normalized spacial score (nSPS) is 20.6. The van der Waals surface area contributed by atoms with Crippen LogP contribution in [0.4, 0.5) is 4.39 Å². The second-order valence-corrected chi connectivity index (χ2v) is 7.67. The highest BCUT2D eigenvalue weighted by Crippen LogP contribution is 2.20. The van der Waals surface area contributed by atoms with Crippen LogP contribution < -0.4 is 0 Å². The largest absolute Gasteiger partial charge is 0.342 e. The van der Waals surface area contributed by atoms with Gasteiger partial charge in [0.1, 0.15) is 5.82 Å². The average molecular weight is 389 g/mol. The number of hydrogen-bond donors (Lipinski definition) is 0. The quantitative estimate of drug-likeness (QED) is 0.790. The van der Waals surface area contributed by atoms with Crippen LogP contribution in [0.3, 0.4) is 0 Å². The molecule has 0 bridgehead atoms. The minimum atomic E-state index is -0.343. The van der Waals surface area contributed by atoms with Crippen LogP contribution in [-0.4, -0.2) is 71.7 Å². The van der Waals surface area contributed by atoms with Crippen molar-refractivity contribution in [3.8, 4) is 0 Å². The third kappa shape index (κ3) is 5.09. The van der Waals surface area contributed by atoms with E-state index in [1.54, 1.807) is 28.9 Å². The van der Waals surface area contributed by atoms with Crippen molar-refractivity contribution in [1.29, 1.82) is 0 Å². The average Bonchev–Trinajstić information content (AvgIpc) is 2.94. The standard InChI is InChI=1S/C21H28FN3O3/c1-16(26)25-8-3-6-18(15-25)21(28)24-10-4-9-23(11-12-24)20(27)14-17-5-2-7-19(22)13-17/h2,5,7,13,18H,3-4,6,8-12,14-15H2,1H3/t18-/m0/s1. The summed E-state index contributed by atoms with van der Waals surface area (Å²) in [7, 11) is 0. The van der Waals surface area contributed by atoms with Gasteiger partial charge in [0.05, 0.1) is 12.3 Å². The van der Waals surface area contributed by atoms with Crippen LogP contribution in [0.2, 0.25) is 0 Å². The van der Waals surface area contributed by atoms with Crippen LogP contribution in [0.1, 0.15) is 31.7 Å². The molecular formula is C21H28FN3O3. The zero-order chi connectivity index (χ0) is 20.1. The molecule has 3 rings (SSSR count). The van der Waals surface area contributed by atoms with Crippen LogP contribution >= 0.6 is 0 Å². The van der Waals surface area contributed by atoms with E-state index in [1.807, 2.05) is 4.90 Å². The first kappa shape index (κ1) is 20.3. The number of halogens is 1. The fraction of sp³-hybridized carbons (Fsp3) is 0.571. The van der Waals surface area contributed by atoms with Gasteiger partial charge in [-0.05, 0) is 37.0 Å². The van der Waals surface area contributed by atoms with Crippen molar-refractivity contribution < 1.29 is 18.8 Å². The van der Waals surface area contributed by atoms with E-state index in [2.05, 4.69) is 0 Å². The van der Waals surface area contributed by atoms with Crippen molar-refractivity contribution in [3.05, 3.63) is 35.6 Å². The first-order valence-corrected chi connectivity index (χ1v) is 10.0. The summed E-state index contributed by atoms with van der Waals surface area (Å²) >= 11 is 0. The Kier molecular flexibility index (Phi) is 6.65. The maximum atomic E-state index is 13.3. The molecule has 1 atom stereocenters. The Morgan fingerprint density at radius 3 is 2.46 bits per heavy atom. The molecule has 7 heteroatoms. The van der Waals surface area contributed by atoms with Crippen molar-refractivity contribution in [1.82, 2.24) is 14.7 Å². The molecule has 2 fully saturated rings. The molecule has 1 aromatic carbocycles. The predicted molar refractivity (Wildman–Crippen MR) is 103 cm³/mol. The van der Waals surface area contributed by atoms with Crippen molar-refractivity contribution >= 4 is 17.7 Å². The lowest BCUT2D eigenvalue weighted by Crippen LogP contribution is -2.47. The van der Waals surface area contributed by atoms with E-state index in [9.17, 15) is 18.8 Å². The van der Waals surface area contributed by atoms with E-state index >= 15 is 0 Å². The first-order valence-electron chi connectivity index (χ1n) is 10.0. The number of hydrogen-bond acceptors (Lipinski definition) is 3. The second kappa shape index (κ2) is 9.17. The Balaban J connectivity index is 1.54. The van der Waals surface area contributed by atoms with Crippen LogP contribution in [0.25, 0.3) is 0 Å². The number of amides is 3. The van der Waals surface area contributed by atoms with Crippen molar-refractivity contribution in [2.75, 3.05) is 39.3 Å². The van der Waals surface area contributed by atoms with Gasteiger partial charge in [-0.15, -0.1) is 0 Å². The van der Waals surface area contributed by atoms with Gasteiger partial charge in [-0.1, -0.05) is 12.1 Å². The Labute approximate surface area is 165 Å². The number of nitrogens with zero attached hydrogens (tertiary/aromatic N) is 3. The van der Waals surface area contributed by atoms with E-state index in [1.165, 1.54) is 12.1 Å². The van der Waals surface area contributed by atoms with Gasteiger partial charge in [-0.3, -0.25) is 14.4 Å². The van der Waals surface area contributed by atoms with Crippen LogP contribution in [0.15, 0.2) is 24.3 Å². The van der Waals surface area contributed by atoms with E-state index in [-0.39, 0.29) is 35.9 Å². The molecule has 0 aromatic heterocycles. The smallest absolute Gasteiger partial charge is 0.227 e. The highest BCUT2D eigenvalue weighted by Gasteiger charge is 2.31. The molecule has 2 aliphatic heterocycles. The Morgan fingerprint density at radius 1 is 1.00 bits per heavy atom. The molecule has 0 unspecified atom stereocenters. The van der Waals surface area contributed by atoms with Gasteiger partial charge in [0.25, 0.3) is 0 Å². The minimum absolute atomic E-state index is 0.0162. The monoisotopic (exact) mass is 389 g/mol. The van der Waals surface area contributed by atoms with Gasteiger partial charge in [-0.2, -0.15) is 0 Å². The molecule has 6 nitrogen and oxygen atoms in total. The summed E-state index contributed by atoms with van der Waals surface area (Å²) in [6.45, 7) is 4.98. The van der Waals surface area contributed by atoms with Gasteiger partial charge in [0.2, 0.25) is 17.7 Å². The Hall–Kier alpha value is -2.44. The molecule has 0 spiro atoms. The molecule has 0 saturated carbocycles. The SMILES string of the molecule is CC(=O)N1CCC[C@H](C(=O)N2CCCN(C(=O)Cc3cccc(F)c3)CC2)C1. The van der Waals surface area contributed by atoms with E-state index in [0.29, 0.717) is 38.3 Å². The highest BCUT2D eigenvalue weighted by molar-refractivity contribution is 5.81. The molecule has 0 aliphatic carbocycles. The van der Waals surface area contributed by atoms with Gasteiger partial charge in [0.15, 0.2) is 0 Å². The molecule has 28 heavy (non-hydrogen) atoms. The van der Waals surface area contributed by atoms with E-state index < -0.39 is 0 Å². The zero-order valence-corrected chi connectivity index (χ0v) is 16.4. The molecule has 1 aromatic rings. The zero-order valence-electron chi connectivity index (χ0n) is 16.4. The van der Waals surface area contributed by atoms with Gasteiger partial charge in [-0.25, -0.2) is 4.39 Å². The van der Waals surface area contributed by atoms with E-state index in [0.717, 1.165) is 25.8 Å². The third-order valence-corrected chi connectivity index (χ3v) is 5.62. The first-order chi connectivity index (χ1) is 13.4.